The molecule has 0 aliphatic carbocycles. The van der Waals surface area contributed by atoms with Gasteiger partial charge in [-0.2, -0.15) is 0 Å². The molecule has 1 aliphatic rings. The van der Waals surface area contributed by atoms with Crippen LogP contribution in [0.3, 0.4) is 0 Å². The SMILES string of the molecule is O=C(O)c1cccc(NCCCCCN2CCCCC2)n1. The number of nitrogens with one attached hydrogen (secondary N) is 1. The Labute approximate surface area is 126 Å². The van der Waals surface area contributed by atoms with E-state index in [1.54, 1.807) is 12.1 Å². The first-order valence-electron chi connectivity index (χ1n) is 7.92. The van der Waals surface area contributed by atoms with Gasteiger partial charge in [-0.15, -0.1) is 0 Å². The first-order chi connectivity index (χ1) is 10.3. The van der Waals surface area contributed by atoms with Gasteiger partial charge in [0.05, 0.1) is 0 Å². The van der Waals surface area contributed by atoms with E-state index in [0.717, 1.165) is 13.0 Å². The van der Waals surface area contributed by atoms with Crippen molar-refractivity contribution >= 4 is 11.8 Å². The molecule has 0 bridgehead atoms. The van der Waals surface area contributed by atoms with Crippen molar-refractivity contribution in [1.82, 2.24) is 9.88 Å². The van der Waals surface area contributed by atoms with Gasteiger partial charge in [-0.3, -0.25) is 0 Å². The van der Waals surface area contributed by atoms with E-state index in [0.29, 0.717) is 5.82 Å². The summed E-state index contributed by atoms with van der Waals surface area (Å²) in [5.41, 5.74) is 0.0881. The van der Waals surface area contributed by atoms with Crippen LogP contribution in [0.2, 0.25) is 0 Å². The lowest BCUT2D eigenvalue weighted by Gasteiger charge is -2.26. The van der Waals surface area contributed by atoms with Crippen LogP contribution in [-0.4, -0.2) is 47.1 Å². The summed E-state index contributed by atoms with van der Waals surface area (Å²) in [4.78, 5) is 17.4. The van der Waals surface area contributed by atoms with Crippen molar-refractivity contribution in [1.29, 1.82) is 0 Å². The number of aromatic carboxylic acids is 1. The third-order valence-electron chi connectivity index (χ3n) is 3.87. The Hall–Kier alpha value is -1.62. The minimum absolute atomic E-state index is 0.0881. The third kappa shape index (κ3) is 5.71. The van der Waals surface area contributed by atoms with Gasteiger partial charge in [0.15, 0.2) is 5.69 Å². The quantitative estimate of drug-likeness (QED) is 0.721. The zero-order valence-electron chi connectivity index (χ0n) is 12.6. The monoisotopic (exact) mass is 291 g/mol. The fraction of sp³-hybridized carbons (Fsp3) is 0.625. The molecule has 0 unspecified atom stereocenters. The van der Waals surface area contributed by atoms with Crippen LogP contribution in [0, 0.1) is 0 Å². The van der Waals surface area contributed by atoms with E-state index in [1.165, 1.54) is 57.8 Å². The van der Waals surface area contributed by atoms with Crippen LogP contribution in [0.15, 0.2) is 18.2 Å². The lowest BCUT2D eigenvalue weighted by Crippen LogP contribution is -2.30. The minimum Gasteiger partial charge on any atom is -0.477 e. The lowest BCUT2D eigenvalue weighted by molar-refractivity contribution is 0.0690. The van der Waals surface area contributed by atoms with E-state index in [1.807, 2.05) is 0 Å². The Kier molecular flexibility index (Phi) is 6.47. The van der Waals surface area contributed by atoms with Crippen LogP contribution < -0.4 is 5.32 Å². The number of pyridine rings is 1. The van der Waals surface area contributed by atoms with Gasteiger partial charge in [-0.05, 0) is 57.5 Å². The molecule has 1 aliphatic heterocycles. The molecule has 1 saturated heterocycles. The summed E-state index contributed by atoms with van der Waals surface area (Å²) in [5.74, 6) is -0.342. The van der Waals surface area contributed by atoms with E-state index in [9.17, 15) is 4.79 Å². The van der Waals surface area contributed by atoms with Crippen molar-refractivity contribution in [2.45, 2.75) is 38.5 Å². The van der Waals surface area contributed by atoms with Crippen LogP contribution in [0.4, 0.5) is 5.82 Å². The van der Waals surface area contributed by atoms with Crippen molar-refractivity contribution in [2.24, 2.45) is 0 Å². The maximum atomic E-state index is 10.8. The molecule has 1 aromatic rings. The summed E-state index contributed by atoms with van der Waals surface area (Å²) in [6.07, 6.45) is 7.63. The number of likely N-dealkylation sites (tertiary alicyclic amines) is 1. The van der Waals surface area contributed by atoms with Gasteiger partial charge in [0.1, 0.15) is 5.82 Å². The Morgan fingerprint density at radius 1 is 1.19 bits per heavy atom. The molecule has 2 heterocycles. The largest absolute Gasteiger partial charge is 0.477 e. The number of hydrogen-bond donors (Lipinski definition) is 2. The fourth-order valence-electron chi connectivity index (χ4n) is 2.69. The minimum atomic E-state index is -0.986. The predicted molar refractivity (Wildman–Crippen MR) is 83.8 cm³/mol. The Morgan fingerprint density at radius 3 is 2.76 bits per heavy atom. The molecule has 1 fully saturated rings. The molecule has 0 saturated carbocycles. The van der Waals surface area contributed by atoms with E-state index < -0.39 is 5.97 Å². The van der Waals surface area contributed by atoms with Gasteiger partial charge in [-0.1, -0.05) is 18.9 Å². The lowest BCUT2D eigenvalue weighted by atomic mass is 10.1. The molecule has 0 radical (unpaired) electrons. The van der Waals surface area contributed by atoms with Gasteiger partial charge in [0.2, 0.25) is 0 Å². The highest BCUT2D eigenvalue weighted by Gasteiger charge is 2.08. The highest BCUT2D eigenvalue weighted by molar-refractivity contribution is 5.85. The average molecular weight is 291 g/mol. The second-order valence-corrected chi connectivity index (χ2v) is 5.60. The van der Waals surface area contributed by atoms with E-state index in [2.05, 4.69) is 15.2 Å². The average Bonchev–Trinajstić information content (AvgIpc) is 2.52. The number of carbonyl (C=O) groups is 1. The number of aromatic nitrogens is 1. The second kappa shape index (κ2) is 8.62. The fourth-order valence-corrected chi connectivity index (χ4v) is 2.69. The molecule has 0 aromatic carbocycles. The van der Waals surface area contributed by atoms with Gasteiger partial charge < -0.3 is 15.3 Å². The summed E-state index contributed by atoms with van der Waals surface area (Å²) in [6.45, 7) is 4.59. The molecule has 1 aromatic heterocycles. The van der Waals surface area contributed by atoms with Crippen molar-refractivity contribution in [2.75, 3.05) is 31.5 Å². The molecule has 116 valence electrons. The summed E-state index contributed by atoms with van der Waals surface area (Å²) < 4.78 is 0. The van der Waals surface area contributed by atoms with Crippen LogP contribution >= 0.6 is 0 Å². The number of carboxylic acids is 1. The standard InChI is InChI=1S/C16H25N3O2/c20-16(21)14-8-7-9-15(18-14)17-10-3-1-4-11-19-12-5-2-6-13-19/h7-9H,1-6,10-13H2,(H,17,18)(H,20,21). The van der Waals surface area contributed by atoms with E-state index >= 15 is 0 Å². The summed E-state index contributed by atoms with van der Waals surface area (Å²) in [5, 5.41) is 12.1. The summed E-state index contributed by atoms with van der Waals surface area (Å²) in [6, 6.07) is 5.03. The number of rotatable bonds is 8. The maximum absolute atomic E-state index is 10.8. The summed E-state index contributed by atoms with van der Waals surface area (Å²) >= 11 is 0. The third-order valence-corrected chi connectivity index (χ3v) is 3.87. The Bertz CT molecular complexity index is 445. The first-order valence-corrected chi connectivity index (χ1v) is 7.92. The molecule has 5 nitrogen and oxygen atoms in total. The van der Waals surface area contributed by atoms with Gasteiger partial charge in [-0.25, -0.2) is 9.78 Å². The topological polar surface area (TPSA) is 65.5 Å². The molecule has 2 N–H and O–H groups in total. The number of hydrogen-bond acceptors (Lipinski definition) is 4. The Morgan fingerprint density at radius 2 is 2.00 bits per heavy atom. The number of nitrogens with zero attached hydrogens (tertiary/aromatic N) is 2. The number of piperidine rings is 1. The molecule has 2 rings (SSSR count). The number of unbranched alkanes of at least 4 members (excludes halogenated alkanes) is 2. The molecule has 0 atom stereocenters. The molecular formula is C16H25N3O2. The van der Waals surface area contributed by atoms with Crippen LogP contribution in [0.5, 0.6) is 0 Å². The van der Waals surface area contributed by atoms with Crippen LogP contribution in [0.1, 0.15) is 49.0 Å². The van der Waals surface area contributed by atoms with Gasteiger partial charge >= 0.3 is 5.97 Å². The normalized spacial score (nSPS) is 15.8. The van der Waals surface area contributed by atoms with Crippen LogP contribution in [0.25, 0.3) is 0 Å². The highest BCUT2D eigenvalue weighted by Crippen LogP contribution is 2.10. The second-order valence-electron chi connectivity index (χ2n) is 5.60. The van der Waals surface area contributed by atoms with E-state index in [4.69, 9.17) is 5.11 Å². The molecule has 0 amide bonds. The molecular weight excluding hydrogens is 266 g/mol. The Balaban J connectivity index is 1.57. The molecule has 5 heteroatoms. The van der Waals surface area contributed by atoms with Gasteiger partial charge in [0.25, 0.3) is 0 Å². The maximum Gasteiger partial charge on any atom is 0.354 e. The number of anilines is 1. The van der Waals surface area contributed by atoms with Crippen molar-refractivity contribution in [3.05, 3.63) is 23.9 Å². The smallest absolute Gasteiger partial charge is 0.354 e. The predicted octanol–water partition coefficient (Wildman–Crippen LogP) is 2.85. The zero-order chi connectivity index (χ0) is 14.9. The highest BCUT2D eigenvalue weighted by atomic mass is 16.4. The van der Waals surface area contributed by atoms with Gasteiger partial charge in [0, 0.05) is 6.54 Å². The van der Waals surface area contributed by atoms with Crippen molar-refractivity contribution < 1.29 is 9.90 Å². The van der Waals surface area contributed by atoms with Crippen LogP contribution in [-0.2, 0) is 0 Å². The first kappa shape index (κ1) is 15.8. The molecule has 21 heavy (non-hydrogen) atoms. The summed E-state index contributed by atoms with van der Waals surface area (Å²) in [7, 11) is 0. The van der Waals surface area contributed by atoms with E-state index in [-0.39, 0.29) is 5.69 Å². The zero-order valence-corrected chi connectivity index (χ0v) is 12.6. The van der Waals surface area contributed by atoms with Crippen molar-refractivity contribution in [3.63, 3.8) is 0 Å². The van der Waals surface area contributed by atoms with Crippen molar-refractivity contribution in [3.8, 4) is 0 Å². The molecule has 0 spiro atoms. The number of carboxylic acid groups (broad SMARTS) is 1.